The number of nitrogens with zero attached hydrogens (tertiary/aromatic N) is 3. The van der Waals surface area contributed by atoms with Gasteiger partial charge in [0.15, 0.2) is 0 Å². The largest absolute Gasteiger partial charge is 0.472 e. The van der Waals surface area contributed by atoms with Crippen molar-refractivity contribution in [2.75, 3.05) is 12.3 Å². The lowest BCUT2D eigenvalue weighted by Gasteiger charge is -2.28. The standard InChI is InChI=1S/C26H26N6O2/c27-24-23-22(21-13-18-3-1-2-4-20(18)30-21)31-25(32(23)11-10-28-24)17-7-5-16(6-8-17)14-29-26(33)19-9-12-34-15-19/h1-4,9-13,15-17,30H,5-8,14H2,(H2,27,28)(H,29,33). The molecule has 1 aliphatic rings. The van der Waals surface area contributed by atoms with Crippen LogP contribution in [0.2, 0.25) is 0 Å². The summed E-state index contributed by atoms with van der Waals surface area (Å²) in [5, 5.41) is 4.18. The molecule has 0 aliphatic heterocycles. The molecular weight excluding hydrogens is 428 g/mol. The fraction of sp³-hybridized carbons (Fsp3) is 0.269. The Kier molecular flexibility index (Phi) is 5.05. The molecule has 4 heterocycles. The zero-order chi connectivity index (χ0) is 23.1. The van der Waals surface area contributed by atoms with E-state index in [9.17, 15) is 4.79 Å². The van der Waals surface area contributed by atoms with Crippen molar-refractivity contribution in [3.8, 4) is 11.4 Å². The van der Waals surface area contributed by atoms with E-state index in [1.165, 1.54) is 12.5 Å². The Labute approximate surface area is 196 Å². The number of imidazole rings is 1. The number of nitrogens with two attached hydrogens (primary N) is 1. The summed E-state index contributed by atoms with van der Waals surface area (Å²) in [5.41, 5.74) is 10.6. The number of para-hydroxylation sites is 1. The SMILES string of the molecule is Nc1nccn2c(C3CCC(CNC(=O)c4ccoc4)CC3)nc(-c3cc4ccccc4[nH]3)c12. The highest BCUT2D eigenvalue weighted by Crippen LogP contribution is 2.38. The molecule has 1 fully saturated rings. The van der Waals surface area contributed by atoms with E-state index in [2.05, 4.69) is 37.9 Å². The van der Waals surface area contributed by atoms with Crippen LogP contribution in [0.5, 0.6) is 0 Å². The van der Waals surface area contributed by atoms with E-state index in [0.29, 0.717) is 29.8 Å². The van der Waals surface area contributed by atoms with E-state index < -0.39 is 0 Å². The van der Waals surface area contributed by atoms with Crippen molar-refractivity contribution in [1.29, 1.82) is 0 Å². The maximum absolute atomic E-state index is 12.2. The third-order valence-electron chi connectivity index (χ3n) is 6.94. The molecule has 0 spiro atoms. The number of hydrogen-bond acceptors (Lipinski definition) is 5. The lowest BCUT2D eigenvalue weighted by Crippen LogP contribution is -2.31. The molecular formula is C26H26N6O2. The van der Waals surface area contributed by atoms with Crippen molar-refractivity contribution in [3.63, 3.8) is 0 Å². The Morgan fingerprint density at radius 1 is 1.21 bits per heavy atom. The molecule has 8 heteroatoms. The Balaban J connectivity index is 1.23. The van der Waals surface area contributed by atoms with Gasteiger partial charge >= 0.3 is 0 Å². The number of anilines is 1. The van der Waals surface area contributed by atoms with Gasteiger partial charge in [0.1, 0.15) is 29.1 Å². The number of amides is 1. The van der Waals surface area contributed by atoms with Crippen molar-refractivity contribution in [2.45, 2.75) is 31.6 Å². The number of benzene rings is 1. The summed E-state index contributed by atoms with van der Waals surface area (Å²) in [7, 11) is 0. The summed E-state index contributed by atoms with van der Waals surface area (Å²) in [4.78, 5) is 25.1. The number of carbonyl (C=O) groups is 1. The van der Waals surface area contributed by atoms with Crippen LogP contribution >= 0.6 is 0 Å². The van der Waals surface area contributed by atoms with Crippen molar-refractivity contribution in [1.82, 2.24) is 24.7 Å². The molecule has 8 nitrogen and oxygen atoms in total. The molecule has 0 atom stereocenters. The molecule has 0 unspecified atom stereocenters. The molecule has 1 amide bonds. The predicted octanol–water partition coefficient (Wildman–Crippen LogP) is 4.76. The predicted molar refractivity (Wildman–Crippen MR) is 130 cm³/mol. The van der Waals surface area contributed by atoms with Gasteiger partial charge in [0.2, 0.25) is 0 Å². The number of nitrogens with one attached hydrogen (secondary N) is 2. The zero-order valence-electron chi connectivity index (χ0n) is 18.7. The van der Waals surface area contributed by atoms with Crippen LogP contribution in [0, 0.1) is 5.92 Å². The van der Waals surface area contributed by atoms with Crippen LogP contribution in [0.25, 0.3) is 27.8 Å². The van der Waals surface area contributed by atoms with Crippen LogP contribution < -0.4 is 11.1 Å². The second kappa shape index (κ2) is 8.37. The van der Waals surface area contributed by atoms with Gasteiger partial charge in [0, 0.05) is 35.8 Å². The number of aromatic amines is 1. The Bertz CT molecular complexity index is 1420. The first kappa shape index (κ1) is 20.5. The maximum atomic E-state index is 12.2. The number of furan rings is 1. The number of nitrogen functional groups attached to an aromatic ring is 1. The van der Waals surface area contributed by atoms with Gasteiger partial charge < -0.3 is 20.5 Å². The average molecular weight is 455 g/mol. The van der Waals surface area contributed by atoms with Gasteiger partial charge in [-0.2, -0.15) is 0 Å². The molecule has 1 aromatic carbocycles. The first-order valence-electron chi connectivity index (χ1n) is 11.7. The minimum absolute atomic E-state index is 0.0823. The zero-order valence-corrected chi connectivity index (χ0v) is 18.7. The highest BCUT2D eigenvalue weighted by Gasteiger charge is 2.28. The summed E-state index contributed by atoms with van der Waals surface area (Å²) in [5.74, 6) is 2.21. The Hall–Kier alpha value is -4.07. The summed E-state index contributed by atoms with van der Waals surface area (Å²) in [6, 6.07) is 12.0. The van der Waals surface area contributed by atoms with Gasteiger partial charge in [-0.3, -0.25) is 9.20 Å². The molecule has 6 rings (SSSR count). The van der Waals surface area contributed by atoms with Crippen LogP contribution in [0.1, 0.15) is 47.8 Å². The number of hydrogen-bond donors (Lipinski definition) is 3. The van der Waals surface area contributed by atoms with Gasteiger partial charge in [-0.25, -0.2) is 9.97 Å². The quantitative estimate of drug-likeness (QED) is 0.354. The summed E-state index contributed by atoms with van der Waals surface area (Å²) >= 11 is 0. The van der Waals surface area contributed by atoms with Crippen molar-refractivity contribution in [2.24, 2.45) is 5.92 Å². The minimum atomic E-state index is -0.0823. The Morgan fingerprint density at radius 2 is 2.06 bits per heavy atom. The minimum Gasteiger partial charge on any atom is -0.472 e. The highest BCUT2D eigenvalue weighted by molar-refractivity contribution is 5.93. The topological polar surface area (TPSA) is 114 Å². The summed E-state index contributed by atoms with van der Waals surface area (Å²) < 4.78 is 7.11. The molecule has 0 radical (unpaired) electrons. The molecule has 4 aromatic heterocycles. The van der Waals surface area contributed by atoms with Crippen LogP contribution in [-0.4, -0.2) is 31.8 Å². The first-order valence-corrected chi connectivity index (χ1v) is 11.7. The van der Waals surface area contributed by atoms with E-state index in [1.807, 2.05) is 18.3 Å². The van der Waals surface area contributed by atoms with Gasteiger partial charge in [-0.1, -0.05) is 18.2 Å². The number of rotatable bonds is 5. The van der Waals surface area contributed by atoms with Crippen LogP contribution in [0.4, 0.5) is 5.82 Å². The van der Waals surface area contributed by atoms with Crippen LogP contribution in [0.15, 0.2) is 65.7 Å². The molecule has 1 aliphatic carbocycles. The third-order valence-corrected chi connectivity index (χ3v) is 6.94. The molecule has 0 bridgehead atoms. The fourth-order valence-corrected chi connectivity index (χ4v) is 5.12. The Morgan fingerprint density at radius 3 is 2.85 bits per heavy atom. The van der Waals surface area contributed by atoms with Crippen LogP contribution in [-0.2, 0) is 0 Å². The number of H-pyrrole nitrogens is 1. The van der Waals surface area contributed by atoms with Crippen molar-refractivity contribution < 1.29 is 9.21 Å². The molecule has 1 saturated carbocycles. The maximum Gasteiger partial charge on any atom is 0.254 e. The summed E-state index contributed by atoms with van der Waals surface area (Å²) in [6.07, 6.45) is 10.8. The number of carbonyl (C=O) groups excluding carboxylic acids is 1. The lowest BCUT2D eigenvalue weighted by atomic mass is 9.81. The monoisotopic (exact) mass is 454 g/mol. The van der Waals surface area contributed by atoms with Crippen LogP contribution in [0.3, 0.4) is 0 Å². The number of fused-ring (bicyclic) bond motifs is 2. The molecule has 5 aromatic rings. The van der Waals surface area contributed by atoms with Crippen molar-refractivity contribution >= 4 is 28.1 Å². The molecule has 4 N–H and O–H groups in total. The smallest absolute Gasteiger partial charge is 0.254 e. The third kappa shape index (κ3) is 3.61. The van der Waals surface area contributed by atoms with E-state index in [0.717, 1.165) is 59.3 Å². The van der Waals surface area contributed by atoms with Gasteiger partial charge in [-0.15, -0.1) is 0 Å². The normalized spacial score (nSPS) is 18.5. The highest BCUT2D eigenvalue weighted by atomic mass is 16.3. The van der Waals surface area contributed by atoms with Gasteiger partial charge in [0.05, 0.1) is 17.5 Å². The fourth-order valence-electron chi connectivity index (χ4n) is 5.12. The first-order chi connectivity index (χ1) is 16.7. The van der Waals surface area contributed by atoms with Gasteiger partial charge in [0.25, 0.3) is 5.91 Å². The second-order valence-electron chi connectivity index (χ2n) is 9.06. The lowest BCUT2D eigenvalue weighted by molar-refractivity contribution is 0.0942. The van der Waals surface area contributed by atoms with E-state index in [4.69, 9.17) is 15.1 Å². The van der Waals surface area contributed by atoms with E-state index in [1.54, 1.807) is 12.3 Å². The molecule has 172 valence electrons. The molecule has 0 saturated heterocycles. The average Bonchev–Trinajstić information content (AvgIpc) is 3.61. The summed E-state index contributed by atoms with van der Waals surface area (Å²) in [6.45, 7) is 0.677. The van der Waals surface area contributed by atoms with Crippen molar-refractivity contribution in [3.05, 3.63) is 72.7 Å². The molecule has 34 heavy (non-hydrogen) atoms. The van der Waals surface area contributed by atoms with E-state index in [-0.39, 0.29) is 5.91 Å². The van der Waals surface area contributed by atoms with Gasteiger partial charge in [-0.05, 0) is 49.8 Å². The van der Waals surface area contributed by atoms with E-state index >= 15 is 0 Å². The number of aromatic nitrogens is 4. The second-order valence-corrected chi connectivity index (χ2v) is 9.06.